The van der Waals surface area contributed by atoms with Crippen LogP contribution in [0.1, 0.15) is 29.2 Å². The minimum absolute atomic E-state index is 0.250. The van der Waals surface area contributed by atoms with Gasteiger partial charge in [-0.2, -0.15) is 0 Å². The number of hydrogen-bond donors (Lipinski definition) is 2. The molecule has 104 valence electrons. The maximum atomic E-state index is 9.73. The highest BCUT2D eigenvalue weighted by Gasteiger charge is 2.21. The van der Waals surface area contributed by atoms with Crippen molar-refractivity contribution in [3.05, 3.63) is 62.0 Å². The summed E-state index contributed by atoms with van der Waals surface area (Å²) >= 11 is 6.74. The molecule has 0 saturated carbocycles. The van der Waals surface area contributed by atoms with E-state index in [1.807, 2.05) is 12.1 Å². The Kier molecular flexibility index (Phi) is 4.15. The minimum Gasteiger partial charge on any atom is -0.506 e. The third-order valence-corrected chi connectivity index (χ3v) is 4.97. The lowest BCUT2D eigenvalue weighted by molar-refractivity contribution is 0.467. The van der Waals surface area contributed by atoms with Gasteiger partial charge in [0.05, 0.1) is 8.95 Å². The van der Waals surface area contributed by atoms with E-state index in [0.29, 0.717) is 6.04 Å². The normalized spacial score (nSPS) is 17.2. The molecule has 2 aromatic carbocycles. The maximum absolute atomic E-state index is 9.73. The van der Waals surface area contributed by atoms with Gasteiger partial charge in [-0.15, -0.1) is 0 Å². The first kappa shape index (κ1) is 14.1. The summed E-state index contributed by atoms with van der Waals surface area (Å²) in [5.41, 5.74) is 4.02. The molecular weight excluding hydrogens is 382 g/mol. The molecule has 4 heteroatoms. The summed E-state index contributed by atoms with van der Waals surface area (Å²) in [5.74, 6) is 0.250. The summed E-state index contributed by atoms with van der Waals surface area (Å²) < 4.78 is 1.44. The Balaban J connectivity index is 1.72. The molecule has 1 aliphatic carbocycles. The molecule has 1 atom stereocenters. The number of hydrogen-bond acceptors (Lipinski definition) is 2. The predicted molar refractivity (Wildman–Crippen MR) is 87.9 cm³/mol. The van der Waals surface area contributed by atoms with Gasteiger partial charge in [-0.05, 0) is 73.5 Å². The summed E-state index contributed by atoms with van der Waals surface area (Å²) in [6.07, 6.45) is 2.30. The van der Waals surface area contributed by atoms with Crippen LogP contribution in [-0.4, -0.2) is 5.11 Å². The fraction of sp³-hybridized carbons (Fsp3) is 0.250. The van der Waals surface area contributed by atoms with Gasteiger partial charge in [0.15, 0.2) is 0 Å². The predicted octanol–water partition coefficient (Wildman–Crippen LogP) is 4.69. The van der Waals surface area contributed by atoms with Gasteiger partial charge < -0.3 is 10.4 Å². The topological polar surface area (TPSA) is 32.3 Å². The molecule has 1 aliphatic rings. The van der Waals surface area contributed by atoms with Crippen LogP contribution in [0.3, 0.4) is 0 Å². The molecule has 0 fully saturated rings. The second-order valence-corrected chi connectivity index (χ2v) is 6.79. The number of phenols is 1. The second-order valence-electron chi connectivity index (χ2n) is 5.08. The number of benzene rings is 2. The summed E-state index contributed by atoms with van der Waals surface area (Å²) in [5, 5.41) is 13.3. The van der Waals surface area contributed by atoms with Crippen LogP contribution in [0.5, 0.6) is 5.75 Å². The van der Waals surface area contributed by atoms with Gasteiger partial charge in [0.2, 0.25) is 0 Å². The SMILES string of the molecule is Oc1c(Br)cc(CNC2CCc3ccccc32)cc1Br. The van der Waals surface area contributed by atoms with Gasteiger partial charge in [-0.1, -0.05) is 24.3 Å². The van der Waals surface area contributed by atoms with Crippen molar-refractivity contribution in [3.63, 3.8) is 0 Å². The van der Waals surface area contributed by atoms with Crippen molar-refractivity contribution in [2.45, 2.75) is 25.4 Å². The average molecular weight is 397 g/mol. The van der Waals surface area contributed by atoms with E-state index in [0.717, 1.165) is 33.9 Å². The summed E-state index contributed by atoms with van der Waals surface area (Å²) in [7, 11) is 0. The lowest BCUT2D eigenvalue weighted by Crippen LogP contribution is -2.18. The largest absolute Gasteiger partial charge is 0.506 e. The Labute approximate surface area is 135 Å². The molecule has 0 aliphatic heterocycles. The Morgan fingerprint density at radius 3 is 2.60 bits per heavy atom. The molecule has 0 bridgehead atoms. The molecule has 3 rings (SSSR count). The first-order valence-electron chi connectivity index (χ1n) is 6.63. The van der Waals surface area contributed by atoms with Crippen molar-refractivity contribution in [2.75, 3.05) is 0 Å². The maximum Gasteiger partial charge on any atom is 0.143 e. The van der Waals surface area contributed by atoms with Crippen molar-refractivity contribution in [1.29, 1.82) is 0 Å². The van der Waals surface area contributed by atoms with Crippen molar-refractivity contribution >= 4 is 31.9 Å². The number of rotatable bonds is 3. The smallest absolute Gasteiger partial charge is 0.143 e. The number of aryl methyl sites for hydroxylation is 1. The first-order chi connectivity index (χ1) is 9.65. The van der Waals surface area contributed by atoms with E-state index in [2.05, 4.69) is 61.4 Å². The molecule has 0 amide bonds. The van der Waals surface area contributed by atoms with E-state index >= 15 is 0 Å². The molecule has 0 heterocycles. The van der Waals surface area contributed by atoms with Crippen molar-refractivity contribution in [1.82, 2.24) is 5.32 Å². The van der Waals surface area contributed by atoms with E-state index in [1.54, 1.807) is 0 Å². The Hall–Kier alpha value is -0.840. The van der Waals surface area contributed by atoms with Crippen LogP contribution >= 0.6 is 31.9 Å². The molecule has 1 unspecified atom stereocenters. The Morgan fingerprint density at radius 2 is 1.85 bits per heavy atom. The average Bonchev–Trinajstić information content (AvgIpc) is 2.85. The van der Waals surface area contributed by atoms with Gasteiger partial charge in [-0.3, -0.25) is 0 Å². The van der Waals surface area contributed by atoms with Crippen molar-refractivity contribution in [3.8, 4) is 5.75 Å². The lowest BCUT2D eigenvalue weighted by Gasteiger charge is -2.15. The molecule has 20 heavy (non-hydrogen) atoms. The molecular formula is C16H15Br2NO. The standard InChI is InChI=1S/C16H15Br2NO/c17-13-7-10(8-14(18)16(13)20)9-19-15-6-5-11-3-1-2-4-12(11)15/h1-4,7-8,15,19-20H,5-6,9H2. The third-order valence-electron chi connectivity index (χ3n) is 3.76. The highest BCUT2D eigenvalue weighted by atomic mass is 79.9. The highest BCUT2D eigenvalue weighted by Crippen LogP contribution is 2.34. The monoisotopic (exact) mass is 395 g/mol. The fourth-order valence-corrected chi connectivity index (χ4v) is 4.01. The van der Waals surface area contributed by atoms with Crippen LogP contribution in [0.25, 0.3) is 0 Å². The van der Waals surface area contributed by atoms with Crippen LogP contribution in [0, 0.1) is 0 Å². The van der Waals surface area contributed by atoms with Crippen LogP contribution in [0.2, 0.25) is 0 Å². The molecule has 2 aromatic rings. The summed E-state index contributed by atoms with van der Waals surface area (Å²) in [6.45, 7) is 0.788. The summed E-state index contributed by atoms with van der Waals surface area (Å²) in [6, 6.07) is 13.0. The van der Waals surface area contributed by atoms with Crippen LogP contribution in [-0.2, 0) is 13.0 Å². The zero-order valence-corrected chi connectivity index (χ0v) is 14.0. The molecule has 0 radical (unpaired) electrons. The highest BCUT2D eigenvalue weighted by molar-refractivity contribution is 9.11. The van der Waals surface area contributed by atoms with Crippen LogP contribution in [0.15, 0.2) is 45.3 Å². The first-order valence-corrected chi connectivity index (χ1v) is 8.22. The zero-order valence-electron chi connectivity index (χ0n) is 10.9. The number of nitrogens with one attached hydrogen (secondary N) is 1. The zero-order chi connectivity index (χ0) is 14.1. The number of fused-ring (bicyclic) bond motifs is 1. The van der Waals surface area contributed by atoms with E-state index in [9.17, 15) is 5.11 Å². The van der Waals surface area contributed by atoms with Gasteiger partial charge in [-0.25, -0.2) is 0 Å². The van der Waals surface area contributed by atoms with Crippen LogP contribution < -0.4 is 5.32 Å². The molecule has 2 N–H and O–H groups in total. The van der Waals surface area contributed by atoms with Gasteiger partial charge in [0.25, 0.3) is 0 Å². The fourth-order valence-electron chi connectivity index (χ4n) is 2.73. The number of halogens is 2. The third kappa shape index (κ3) is 2.78. The van der Waals surface area contributed by atoms with E-state index in [-0.39, 0.29) is 5.75 Å². The van der Waals surface area contributed by atoms with Gasteiger partial charge in [0, 0.05) is 12.6 Å². The summed E-state index contributed by atoms with van der Waals surface area (Å²) in [4.78, 5) is 0. The lowest BCUT2D eigenvalue weighted by atomic mass is 10.1. The van der Waals surface area contributed by atoms with E-state index in [1.165, 1.54) is 11.1 Å². The van der Waals surface area contributed by atoms with E-state index in [4.69, 9.17) is 0 Å². The Bertz CT molecular complexity index is 619. The van der Waals surface area contributed by atoms with Crippen molar-refractivity contribution < 1.29 is 5.11 Å². The van der Waals surface area contributed by atoms with Crippen molar-refractivity contribution in [2.24, 2.45) is 0 Å². The quantitative estimate of drug-likeness (QED) is 0.788. The van der Waals surface area contributed by atoms with Gasteiger partial charge in [0.1, 0.15) is 5.75 Å². The van der Waals surface area contributed by atoms with E-state index < -0.39 is 0 Å². The minimum atomic E-state index is 0.250. The van der Waals surface area contributed by atoms with Gasteiger partial charge >= 0.3 is 0 Å². The van der Waals surface area contributed by atoms with Crippen LogP contribution in [0.4, 0.5) is 0 Å². The molecule has 0 aromatic heterocycles. The molecule has 2 nitrogen and oxygen atoms in total. The Morgan fingerprint density at radius 1 is 1.15 bits per heavy atom. The molecule has 0 saturated heterocycles. The molecule has 0 spiro atoms. The second kappa shape index (κ2) is 5.88. The number of phenolic OH excluding ortho intramolecular Hbond substituents is 1. The number of aromatic hydroxyl groups is 1.